The third-order valence-electron chi connectivity index (χ3n) is 7.24. The minimum atomic E-state index is 0. The minimum Gasteiger partial charge on any atom is -0.494 e. The number of rotatable bonds is 7. The second kappa shape index (κ2) is 13.9. The number of likely N-dealkylation sites (tertiary alicyclic amines) is 1. The molecule has 6 heteroatoms. The van der Waals surface area contributed by atoms with Crippen molar-refractivity contribution in [2.45, 2.75) is 63.8 Å². The molecule has 0 amide bonds. The van der Waals surface area contributed by atoms with Crippen LogP contribution in [0.15, 0.2) is 24.3 Å². The molecule has 1 aromatic carbocycles. The van der Waals surface area contributed by atoms with Gasteiger partial charge in [0.15, 0.2) is 0 Å². The Balaban J connectivity index is 0.00000171. The van der Waals surface area contributed by atoms with E-state index in [9.17, 15) is 0 Å². The predicted molar refractivity (Wildman–Crippen MR) is 133 cm³/mol. The molecule has 178 valence electrons. The molecule has 1 saturated carbocycles. The van der Waals surface area contributed by atoms with E-state index in [0.717, 1.165) is 63.0 Å². The summed E-state index contributed by atoms with van der Waals surface area (Å²) < 4.78 is 11.5. The van der Waals surface area contributed by atoms with E-state index in [4.69, 9.17) is 9.47 Å². The number of ether oxygens (including phenoxy) is 2. The summed E-state index contributed by atoms with van der Waals surface area (Å²) in [5, 5.41) is 0. The summed E-state index contributed by atoms with van der Waals surface area (Å²) >= 11 is 0. The average Bonchev–Trinajstić information content (AvgIpc) is 2.78. The van der Waals surface area contributed by atoms with Crippen molar-refractivity contribution >= 4 is 24.8 Å². The normalized spacial score (nSPS) is 27.7. The summed E-state index contributed by atoms with van der Waals surface area (Å²) in [4.78, 5) is 5.26. The van der Waals surface area contributed by atoms with Crippen LogP contribution in [0.25, 0.3) is 0 Å². The van der Waals surface area contributed by atoms with Gasteiger partial charge in [-0.3, -0.25) is 4.90 Å². The molecule has 4 rings (SSSR count). The summed E-state index contributed by atoms with van der Waals surface area (Å²) in [6.07, 6.45) is 9.18. The largest absolute Gasteiger partial charge is 0.494 e. The zero-order chi connectivity index (χ0) is 19.9. The molecule has 0 spiro atoms. The maximum Gasteiger partial charge on any atom is 0.119 e. The summed E-state index contributed by atoms with van der Waals surface area (Å²) in [5.41, 5.74) is 1.50. The highest BCUT2D eigenvalue weighted by molar-refractivity contribution is 5.85. The Morgan fingerprint density at radius 3 is 2.32 bits per heavy atom. The predicted octanol–water partition coefficient (Wildman–Crippen LogP) is 5.39. The molecule has 0 aromatic heterocycles. The molecule has 1 aliphatic carbocycles. The number of hydrogen-bond donors (Lipinski definition) is 0. The molecule has 4 nitrogen and oxygen atoms in total. The summed E-state index contributed by atoms with van der Waals surface area (Å²) in [7, 11) is 0. The molecule has 1 atom stereocenters. The van der Waals surface area contributed by atoms with Gasteiger partial charge in [0.1, 0.15) is 5.75 Å². The molecule has 0 N–H and O–H groups in total. The van der Waals surface area contributed by atoms with Gasteiger partial charge in [0.05, 0.1) is 19.8 Å². The van der Waals surface area contributed by atoms with E-state index in [1.54, 1.807) is 0 Å². The van der Waals surface area contributed by atoms with Crippen molar-refractivity contribution in [3.05, 3.63) is 29.8 Å². The van der Waals surface area contributed by atoms with E-state index in [-0.39, 0.29) is 24.8 Å². The Bertz CT molecular complexity index is 602. The lowest BCUT2D eigenvalue weighted by molar-refractivity contribution is 0.00729. The van der Waals surface area contributed by atoms with Crippen molar-refractivity contribution < 1.29 is 9.47 Å². The van der Waals surface area contributed by atoms with E-state index in [1.165, 1.54) is 63.7 Å². The van der Waals surface area contributed by atoms with Crippen LogP contribution in [-0.4, -0.2) is 68.4 Å². The fourth-order valence-electron chi connectivity index (χ4n) is 5.52. The van der Waals surface area contributed by atoms with Gasteiger partial charge in [-0.05, 0) is 81.0 Å². The van der Waals surface area contributed by atoms with Gasteiger partial charge in [0, 0.05) is 32.2 Å². The first kappa shape index (κ1) is 26.7. The number of halogens is 2. The van der Waals surface area contributed by atoms with Gasteiger partial charge in [-0.1, -0.05) is 19.1 Å². The highest BCUT2D eigenvalue weighted by Gasteiger charge is 2.27. The van der Waals surface area contributed by atoms with Crippen LogP contribution < -0.4 is 4.74 Å². The average molecular weight is 474 g/mol. The lowest BCUT2D eigenvalue weighted by Crippen LogP contribution is -2.44. The van der Waals surface area contributed by atoms with Crippen LogP contribution in [0.4, 0.5) is 0 Å². The molecule has 0 bridgehead atoms. The molecular formula is C25H42Cl2N2O2. The molecule has 3 fully saturated rings. The van der Waals surface area contributed by atoms with Crippen LogP contribution in [0.1, 0.15) is 63.4 Å². The van der Waals surface area contributed by atoms with Gasteiger partial charge >= 0.3 is 0 Å². The first-order valence-corrected chi connectivity index (χ1v) is 12.0. The van der Waals surface area contributed by atoms with Gasteiger partial charge in [0.2, 0.25) is 0 Å². The highest BCUT2D eigenvalue weighted by atomic mass is 35.5. The summed E-state index contributed by atoms with van der Waals surface area (Å²) in [6.45, 7) is 11.0. The van der Waals surface area contributed by atoms with Gasteiger partial charge in [0.25, 0.3) is 0 Å². The number of benzene rings is 1. The van der Waals surface area contributed by atoms with Crippen molar-refractivity contribution in [2.24, 2.45) is 5.92 Å². The monoisotopic (exact) mass is 472 g/mol. The van der Waals surface area contributed by atoms with Gasteiger partial charge in [-0.25, -0.2) is 0 Å². The second-order valence-corrected chi connectivity index (χ2v) is 9.47. The molecule has 31 heavy (non-hydrogen) atoms. The van der Waals surface area contributed by atoms with Crippen molar-refractivity contribution in [2.75, 3.05) is 52.5 Å². The van der Waals surface area contributed by atoms with Gasteiger partial charge in [-0.2, -0.15) is 0 Å². The van der Waals surface area contributed by atoms with E-state index in [2.05, 4.69) is 41.0 Å². The Kier molecular flexibility index (Phi) is 12.0. The fourth-order valence-corrected chi connectivity index (χ4v) is 5.52. The van der Waals surface area contributed by atoms with Gasteiger partial charge < -0.3 is 14.4 Å². The topological polar surface area (TPSA) is 24.9 Å². The number of nitrogens with zero attached hydrogens (tertiary/aromatic N) is 2. The Morgan fingerprint density at radius 2 is 1.65 bits per heavy atom. The van der Waals surface area contributed by atoms with Crippen LogP contribution in [0.5, 0.6) is 5.75 Å². The lowest BCUT2D eigenvalue weighted by atomic mass is 9.81. The van der Waals surface area contributed by atoms with Crippen molar-refractivity contribution in [3.63, 3.8) is 0 Å². The van der Waals surface area contributed by atoms with E-state index in [1.807, 2.05) is 0 Å². The van der Waals surface area contributed by atoms with Crippen molar-refractivity contribution in [1.82, 2.24) is 9.80 Å². The SMILES string of the molecule is C[C@H]1CCCN(CCCOc2ccc(C3CCC(N4CCOCC4)CC3)cc2)C1.Cl.Cl. The Morgan fingerprint density at radius 1 is 0.935 bits per heavy atom. The Hall–Kier alpha value is -0.520. The summed E-state index contributed by atoms with van der Waals surface area (Å²) in [5.74, 6) is 2.62. The van der Waals surface area contributed by atoms with Crippen molar-refractivity contribution in [3.8, 4) is 5.75 Å². The minimum absolute atomic E-state index is 0. The standard InChI is InChI=1S/C25H40N2O2.2ClH/c1-21-4-2-13-26(20-21)14-3-17-29-25-11-7-23(8-12-25)22-5-9-24(10-6-22)27-15-18-28-19-16-27;;/h7-8,11-12,21-22,24H,2-6,9-10,13-20H2,1H3;2*1H/t21-,22?,24?;;/m0../s1. The molecule has 3 aliphatic rings. The molecule has 0 unspecified atom stereocenters. The maximum absolute atomic E-state index is 6.02. The maximum atomic E-state index is 6.02. The molecule has 2 saturated heterocycles. The van der Waals surface area contributed by atoms with Crippen LogP contribution in [-0.2, 0) is 4.74 Å². The zero-order valence-electron chi connectivity index (χ0n) is 19.2. The summed E-state index contributed by atoms with van der Waals surface area (Å²) in [6, 6.07) is 9.77. The molecule has 2 aliphatic heterocycles. The number of morpholine rings is 1. The molecule has 1 aromatic rings. The van der Waals surface area contributed by atoms with Crippen LogP contribution in [0, 0.1) is 5.92 Å². The fraction of sp³-hybridized carbons (Fsp3) is 0.760. The zero-order valence-corrected chi connectivity index (χ0v) is 20.8. The third kappa shape index (κ3) is 8.08. The van der Waals surface area contributed by atoms with Crippen LogP contribution in [0.3, 0.4) is 0 Å². The molecular weight excluding hydrogens is 431 g/mol. The first-order chi connectivity index (χ1) is 14.3. The Labute approximate surface area is 201 Å². The van der Waals surface area contributed by atoms with Crippen molar-refractivity contribution in [1.29, 1.82) is 0 Å². The third-order valence-corrected chi connectivity index (χ3v) is 7.24. The smallest absolute Gasteiger partial charge is 0.119 e. The van der Waals surface area contributed by atoms with E-state index in [0.29, 0.717) is 0 Å². The molecule has 2 heterocycles. The number of piperidine rings is 1. The van der Waals surface area contributed by atoms with Crippen LogP contribution >= 0.6 is 24.8 Å². The lowest BCUT2D eigenvalue weighted by Gasteiger charge is -2.38. The van der Waals surface area contributed by atoms with Crippen LogP contribution in [0.2, 0.25) is 0 Å². The first-order valence-electron chi connectivity index (χ1n) is 12.0. The van der Waals surface area contributed by atoms with Gasteiger partial charge in [-0.15, -0.1) is 24.8 Å². The molecule has 0 radical (unpaired) electrons. The highest BCUT2D eigenvalue weighted by Crippen LogP contribution is 2.35. The number of hydrogen-bond acceptors (Lipinski definition) is 4. The van der Waals surface area contributed by atoms with E-state index >= 15 is 0 Å². The second-order valence-electron chi connectivity index (χ2n) is 9.47. The van der Waals surface area contributed by atoms with E-state index < -0.39 is 0 Å². The quantitative estimate of drug-likeness (QED) is 0.496.